The van der Waals surface area contributed by atoms with Crippen LogP contribution in [0.4, 0.5) is 0 Å². The second-order valence-electron chi connectivity index (χ2n) is 3.72. The monoisotopic (exact) mass is 265 g/mol. The van der Waals surface area contributed by atoms with Crippen molar-refractivity contribution in [1.29, 1.82) is 0 Å². The van der Waals surface area contributed by atoms with Crippen LogP contribution in [0.3, 0.4) is 0 Å². The molecule has 0 aliphatic heterocycles. The summed E-state index contributed by atoms with van der Waals surface area (Å²) in [6.07, 6.45) is 0.993. The van der Waals surface area contributed by atoms with Gasteiger partial charge >= 0.3 is 5.97 Å². The van der Waals surface area contributed by atoms with Crippen LogP contribution >= 0.6 is 11.3 Å². The lowest BCUT2D eigenvalue weighted by Crippen LogP contribution is -2.07. The highest BCUT2D eigenvalue weighted by Gasteiger charge is 2.17. The van der Waals surface area contributed by atoms with Crippen molar-refractivity contribution in [2.75, 3.05) is 6.61 Å². The van der Waals surface area contributed by atoms with Gasteiger partial charge < -0.3 is 4.74 Å². The highest BCUT2D eigenvalue weighted by Crippen LogP contribution is 2.26. The molecule has 0 N–H and O–H groups in total. The molecule has 2 aromatic heterocycles. The molecule has 0 amide bonds. The van der Waals surface area contributed by atoms with Crippen molar-refractivity contribution in [1.82, 2.24) is 14.8 Å². The van der Waals surface area contributed by atoms with Gasteiger partial charge in [-0.2, -0.15) is 0 Å². The van der Waals surface area contributed by atoms with E-state index < -0.39 is 5.97 Å². The zero-order valence-corrected chi connectivity index (χ0v) is 11.5. The lowest BCUT2D eigenvalue weighted by Gasteiger charge is -1.94. The summed E-state index contributed by atoms with van der Waals surface area (Å²) in [5, 5.41) is 4.08. The molecule has 0 atom stereocenters. The van der Waals surface area contributed by atoms with Crippen LogP contribution in [-0.2, 0) is 18.2 Å². The van der Waals surface area contributed by atoms with Gasteiger partial charge in [-0.3, -0.25) is 0 Å². The smallest absolute Gasteiger partial charge is 0.378 e. The Labute approximate surface area is 109 Å². The molecule has 0 bridgehead atoms. The van der Waals surface area contributed by atoms with Gasteiger partial charge in [0.25, 0.3) is 5.82 Å². The average Bonchev–Trinajstić information content (AvgIpc) is 2.95. The summed E-state index contributed by atoms with van der Waals surface area (Å²) in [5.41, 5.74) is 0. The summed E-state index contributed by atoms with van der Waals surface area (Å²) < 4.78 is 6.49. The SMILES string of the molecule is CCOC(=O)c1nc(-c2ccc(CC)s2)n(C)n1. The summed E-state index contributed by atoms with van der Waals surface area (Å²) in [6, 6.07) is 4.07. The fourth-order valence-electron chi connectivity index (χ4n) is 1.57. The first kappa shape index (κ1) is 12.8. The maximum atomic E-state index is 11.5. The van der Waals surface area contributed by atoms with Crippen molar-refractivity contribution >= 4 is 17.3 Å². The Kier molecular flexibility index (Phi) is 3.76. The van der Waals surface area contributed by atoms with Gasteiger partial charge in [-0.25, -0.2) is 14.5 Å². The van der Waals surface area contributed by atoms with E-state index in [0.29, 0.717) is 12.4 Å². The highest BCUT2D eigenvalue weighted by atomic mass is 32.1. The minimum Gasteiger partial charge on any atom is -0.460 e. The van der Waals surface area contributed by atoms with Crippen LogP contribution in [0.1, 0.15) is 29.3 Å². The van der Waals surface area contributed by atoms with E-state index in [4.69, 9.17) is 4.74 Å². The second kappa shape index (κ2) is 5.30. The van der Waals surface area contributed by atoms with Gasteiger partial charge in [0.1, 0.15) is 0 Å². The molecule has 0 aliphatic carbocycles. The predicted octanol–water partition coefficient (Wildman–Crippen LogP) is 2.28. The normalized spacial score (nSPS) is 10.6. The molecule has 0 saturated heterocycles. The summed E-state index contributed by atoms with van der Waals surface area (Å²) in [4.78, 5) is 18.1. The molecule has 0 spiro atoms. The van der Waals surface area contributed by atoms with Crippen molar-refractivity contribution in [2.45, 2.75) is 20.3 Å². The Hall–Kier alpha value is -1.69. The number of esters is 1. The van der Waals surface area contributed by atoms with Crippen LogP contribution in [0.25, 0.3) is 10.7 Å². The number of ether oxygens (including phenoxy) is 1. The number of aromatic nitrogens is 3. The molecule has 0 unspecified atom stereocenters. The fourth-order valence-corrected chi connectivity index (χ4v) is 2.54. The van der Waals surface area contributed by atoms with Crippen LogP contribution < -0.4 is 0 Å². The quantitative estimate of drug-likeness (QED) is 0.796. The van der Waals surface area contributed by atoms with Crippen LogP contribution in [0.5, 0.6) is 0 Å². The molecule has 18 heavy (non-hydrogen) atoms. The van der Waals surface area contributed by atoms with Crippen LogP contribution in [0, 0.1) is 0 Å². The zero-order valence-electron chi connectivity index (χ0n) is 10.6. The zero-order chi connectivity index (χ0) is 13.1. The van der Waals surface area contributed by atoms with Crippen molar-refractivity contribution in [2.24, 2.45) is 7.05 Å². The number of hydrogen-bond donors (Lipinski definition) is 0. The Morgan fingerprint density at radius 3 is 2.83 bits per heavy atom. The first-order chi connectivity index (χ1) is 8.65. The lowest BCUT2D eigenvalue weighted by molar-refractivity contribution is 0.0512. The van der Waals surface area contributed by atoms with Gasteiger partial charge in [0.05, 0.1) is 11.5 Å². The molecule has 2 heterocycles. The van der Waals surface area contributed by atoms with E-state index in [1.54, 1.807) is 30.0 Å². The van der Waals surface area contributed by atoms with E-state index in [0.717, 1.165) is 11.3 Å². The first-order valence-corrected chi connectivity index (χ1v) is 6.64. The van der Waals surface area contributed by atoms with E-state index in [1.807, 2.05) is 6.07 Å². The Balaban J connectivity index is 2.31. The van der Waals surface area contributed by atoms with Gasteiger partial charge in [0.2, 0.25) is 0 Å². The van der Waals surface area contributed by atoms with E-state index in [2.05, 4.69) is 23.1 Å². The molecule has 96 valence electrons. The van der Waals surface area contributed by atoms with Crippen molar-refractivity contribution in [3.63, 3.8) is 0 Å². The van der Waals surface area contributed by atoms with E-state index in [1.165, 1.54) is 4.88 Å². The van der Waals surface area contributed by atoms with Gasteiger partial charge in [0.15, 0.2) is 5.82 Å². The molecule has 6 heteroatoms. The number of hydrogen-bond acceptors (Lipinski definition) is 5. The molecule has 2 aromatic rings. The summed E-state index contributed by atoms with van der Waals surface area (Å²) in [5.74, 6) is 0.329. The van der Waals surface area contributed by atoms with Crippen molar-refractivity contribution in [3.8, 4) is 10.7 Å². The molecule has 2 rings (SSSR count). The van der Waals surface area contributed by atoms with Gasteiger partial charge in [-0.15, -0.1) is 16.4 Å². The van der Waals surface area contributed by atoms with Crippen molar-refractivity contribution < 1.29 is 9.53 Å². The van der Waals surface area contributed by atoms with Crippen LogP contribution in [0.2, 0.25) is 0 Å². The third-order valence-corrected chi connectivity index (χ3v) is 3.68. The molecule has 0 aromatic carbocycles. The number of aryl methyl sites for hydroxylation is 2. The first-order valence-electron chi connectivity index (χ1n) is 5.83. The topological polar surface area (TPSA) is 57.0 Å². The molecule has 0 fully saturated rings. The Morgan fingerprint density at radius 1 is 1.44 bits per heavy atom. The summed E-state index contributed by atoms with van der Waals surface area (Å²) >= 11 is 1.66. The maximum Gasteiger partial charge on any atom is 0.378 e. The van der Waals surface area contributed by atoms with E-state index in [9.17, 15) is 4.79 Å². The third-order valence-electron chi connectivity index (χ3n) is 2.45. The predicted molar refractivity (Wildman–Crippen MR) is 69.7 cm³/mol. The molecular formula is C12H15N3O2S. The Morgan fingerprint density at radius 2 is 2.22 bits per heavy atom. The summed E-state index contributed by atoms with van der Waals surface area (Å²) in [6.45, 7) is 4.19. The summed E-state index contributed by atoms with van der Waals surface area (Å²) in [7, 11) is 1.77. The third kappa shape index (κ3) is 2.43. The second-order valence-corrected chi connectivity index (χ2v) is 4.89. The van der Waals surface area contributed by atoms with Gasteiger partial charge in [-0.05, 0) is 25.5 Å². The molecule has 0 radical (unpaired) electrons. The van der Waals surface area contributed by atoms with Crippen LogP contribution in [0.15, 0.2) is 12.1 Å². The van der Waals surface area contributed by atoms with Crippen molar-refractivity contribution in [3.05, 3.63) is 22.8 Å². The minimum atomic E-state index is -0.480. The number of carbonyl (C=O) groups excluding carboxylic acids is 1. The maximum absolute atomic E-state index is 11.5. The number of rotatable bonds is 4. The highest BCUT2D eigenvalue weighted by molar-refractivity contribution is 7.15. The van der Waals surface area contributed by atoms with E-state index in [-0.39, 0.29) is 5.82 Å². The van der Waals surface area contributed by atoms with Crippen LogP contribution in [-0.4, -0.2) is 27.3 Å². The fraction of sp³-hybridized carbons (Fsp3) is 0.417. The Bertz CT molecular complexity index is 559. The van der Waals surface area contributed by atoms with Gasteiger partial charge in [0, 0.05) is 11.9 Å². The van der Waals surface area contributed by atoms with Gasteiger partial charge in [-0.1, -0.05) is 6.92 Å². The van der Waals surface area contributed by atoms with E-state index >= 15 is 0 Å². The number of thiophene rings is 1. The average molecular weight is 265 g/mol. The molecule has 5 nitrogen and oxygen atoms in total. The number of nitrogens with zero attached hydrogens (tertiary/aromatic N) is 3. The molecule has 0 aliphatic rings. The molecular weight excluding hydrogens is 250 g/mol. The number of carbonyl (C=O) groups is 1. The standard InChI is InChI=1S/C12H15N3O2S/c1-4-8-6-7-9(18-8)11-13-10(14-15(11)3)12(16)17-5-2/h6-7H,4-5H2,1-3H3. The lowest BCUT2D eigenvalue weighted by atomic mass is 10.3. The largest absolute Gasteiger partial charge is 0.460 e. The minimum absolute atomic E-state index is 0.112. The molecule has 0 saturated carbocycles.